The molecule has 0 aliphatic rings. The molecule has 0 saturated carbocycles. The van der Waals surface area contributed by atoms with E-state index in [4.69, 9.17) is 17.5 Å². The van der Waals surface area contributed by atoms with Crippen molar-refractivity contribution in [3.05, 3.63) is 0 Å². The lowest BCUT2D eigenvalue weighted by Crippen LogP contribution is -1.89. The number of hydrogen-bond donors (Lipinski definition) is 2. The SMILES string of the molecule is CCCCCCCC(C)C.O=S(=O)(O)O. The maximum Gasteiger partial charge on any atom is 0.394 e. The van der Waals surface area contributed by atoms with Crippen molar-refractivity contribution in [1.29, 1.82) is 0 Å². The second-order valence-corrected chi connectivity index (χ2v) is 4.94. The minimum absolute atomic E-state index is 0.904. The Bertz CT molecular complexity index is 201. The molecule has 0 saturated heterocycles. The Morgan fingerprint density at radius 1 is 1.00 bits per heavy atom. The molecule has 0 rings (SSSR count). The quantitative estimate of drug-likeness (QED) is 0.551. The zero-order valence-electron chi connectivity index (χ0n) is 9.94. The Hall–Kier alpha value is -0.130. The average molecular weight is 240 g/mol. The molecule has 0 fully saturated rings. The molecule has 0 aromatic heterocycles. The van der Waals surface area contributed by atoms with E-state index in [-0.39, 0.29) is 0 Å². The molecule has 0 unspecified atom stereocenters. The lowest BCUT2D eigenvalue weighted by molar-refractivity contribution is 0.381. The molecule has 0 amide bonds. The van der Waals surface area contributed by atoms with E-state index in [2.05, 4.69) is 20.8 Å². The van der Waals surface area contributed by atoms with Gasteiger partial charge in [0.2, 0.25) is 0 Å². The fourth-order valence-corrected chi connectivity index (χ4v) is 1.16. The van der Waals surface area contributed by atoms with Gasteiger partial charge in [0.1, 0.15) is 0 Å². The first-order chi connectivity index (χ1) is 6.77. The molecule has 0 atom stereocenters. The first kappa shape index (κ1) is 17.3. The molecule has 0 aromatic rings. The van der Waals surface area contributed by atoms with Crippen molar-refractivity contribution in [3.63, 3.8) is 0 Å². The summed E-state index contributed by atoms with van der Waals surface area (Å²) in [7, 11) is -4.67. The van der Waals surface area contributed by atoms with Gasteiger partial charge in [0.15, 0.2) is 0 Å². The molecule has 5 heteroatoms. The van der Waals surface area contributed by atoms with Gasteiger partial charge in [-0.15, -0.1) is 0 Å². The number of hydrogen-bond acceptors (Lipinski definition) is 2. The molecule has 0 aliphatic heterocycles. The summed E-state index contributed by atoms with van der Waals surface area (Å²) in [5.41, 5.74) is 0. The molecule has 2 N–H and O–H groups in total. The van der Waals surface area contributed by atoms with Crippen molar-refractivity contribution in [1.82, 2.24) is 0 Å². The molecule has 0 spiro atoms. The van der Waals surface area contributed by atoms with Crippen LogP contribution in [0.2, 0.25) is 0 Å². The lowest BCUT2D eigenvalue weighted by atomic mass is 10.0. The van der Waals surface area contributed by atoms with Gasteiger partial charge >= 0.3 is 10.4 Å². The Kier molecular flexibility index (Phi) is 12.0. The second-order valence-electron chi connectivity index (χ2n) is 4.04. The van der Waals surface area contributed by atoms with Crippen molar-refractivity contribution in [2.45, 2.75) is 59.3 Å². The van der Waals surface area contributed by atoms with Crippen LogP contribution in [0, 0.1) is 5.92 Å². The zero-order valence-corrected chi connectivity index (χ0v) is 10.8. The van der Waals surface area contributed by atoms with Crippen LogP contribution in [0.3, 0.4) is 0 Å². The molecular formula is C10H24O4S. The van der Waals surface area contributed by atoms with Crippen LogP contribution >= 0.6 is 0 Å². The second kappa shape index (κ2) is 10.4. The summed E-state index contributed by atoms with van der Waals surface area (Å²) in [4.78, 5) is 0. The van der Waals surface area contributed by atoms with E-state index < -0.39 is 10.4 Å². The van der Waals surface area contributed by atoms with Crippen LogP contribution < -0.4 is 0 Å². The van der Waals surface area contributed by atoms with E-state index in [1.807, 2.05) is 0 Å². The molecule has 4 nitrogen and oxygen atoms in total. The third kappa shape index (κ3) is 41.4. The van der Waals surface area contributed by atoms with Crippen LogP contribution in [-0.4, -0.2) is 17.5 Å². The summed E-state index contributed by atoms with van der Waals surface area (Å²) >= 11 is 0. The first-order valence-corrected chi connectivity index (χ1v) is 6.87. The number of rotatable bonds is 6. The Balaban J connectivity index is 0. The molecule has 15 heavy (non-hydrogen) atoms. The molecule has 0 radical (unpaired) electrons. The van der Waals surface area contributed by atoms with Crippen LogP contribution in [0.1, 0.15) is 59.3 Å². The Labute approximate surface area is 93.7 Å². The summed E-state index contributed by atoms with van der Waals surface area (Å²) in [6.07, 6.45) is 8.55. The van der Waals surface area contributed by atoms with Crippen molar-refractivity contribution in [3.8, 4) is 0 Å². The summed E-state index contributed by atoms with van der Waals surface area (Å²) in [5, 5.41) is 0. The highest BCUT2D eigenvalue weighted by Gasteiger charge is 1.92. The maximum absolute atomic E-state index is 8.74. The van der Waals surface area contributed by atoms with Crippen LogP contribution in [0.4, 0.5) is 0 Å². The maximum atomic E-state index is 8.74. The normalized spacial score (nSPS) is 11.1. The van der Waals surface area contributed by atoms with Crippen molar-refractivity contribution >= 4 is 10.4 Å². The van der Waals surface area contributed by atoms with Crippen molar-refractivity contribution < 1.29 is 17.5 Å². The van der Waals surface area contributed by atoms with Gasteiger partial charge in [0.25, 0.3) is 0 Å². The van der Waals surface area contributed by atoms with E-state index in [0.29, 0.717) is 0 Å². The predicted molar refractivity (Wildman–Crippen MR) is 62.4 cm³/mol. The van der Waals surface area contributed by atoms with E-state index in [9.17, 15) is 0 Å². The monoisotopic (exact) mass is 240 g/mol. The lowest BCUT2D eigenvalue weighted by Gasteiger charge is -2.02. The Morgan fingerprint density at radius 2 is 1.40 bits per heavy atom. The highest BCUT2D eigenvalue weighted by Crippen LogP contribution is 2.09. The minimum Gasteiger partial charge on any atom is -0.264 e. The summed E-state index contributed by atoms with van der Waals surface area (Å²) in [6, 6.07) is 0. The topological polar surface area (TPSA) is 74.6 Å². The third-order valence-electron chi connectivity index (χ3n) is 1.89. The summed E-state index contributed by atoms with van der Waals surface area (Å²) in [6.45, 7) is 6.88. The van der Waals surface area contributed by atoms with Gasteiger partial charge in [0, 0.05) is 0 Å². The van der Waals surface area contributed by atoms with E-state index in [1.165, 1.54) is 38.5 Å². The fraction of sp³-hybridized carbons (Fsp3) is 1.00. The third-order valence-corrected chi connectivity index (χ3v) is 1.89. The van der Waals surface area contributed by atoms with E-state index in [1.54, 1.807) is 0 Å². The van der Waals surface area contributed by atoms with Gasteiger partial charge < -0.3 is 0 Å². The Morgan fingerprint density at radius 3 is 1.73 bits per heavy atom. The van der Waals surface area contributed by atoms with E-state index >= 15 is 0 Å². The highest BCUT2D eigenvalue weighted by atomic mass is 32.3. The zero-order chi connectivity index (χ0) is 12.3. The standard InChI is InChI=1S/C10H22.H2O4S/c1-4-5-6-7-8-9-10(2)3;1-5(2,3)4/h10H,4-9H2,1-3H3;(H2,1,2,3,4). The van der Waals surface area contributed by atoms with Gasteiger partial charge in [-0.05, 0) is 5.92 Å². The van der Waals surface area contributed by atoms with Gasteiger partial charge in [-0.25, -0.2) is 0 Å². The van der Waals surface area contributed by atoms with Gasteiger partial charge in [0.05, 0.1) is 0 Å². The predicted octanol–water partition coefficient (Wildman–Crippen LogP) is 3.35. The molecular weight excluding hydrogens is 216 g/mol. The van der Waals surface area contributed by atoms with Gasteiger partial charge in [-0.1, -0.05) is 59.3 Å². The van der Waals surface area contributed by atoms with Crippen LogP contribution in [0.15, 0.2) is 0 Å². The minimum atomic E-state index is -4.67. The molecule has 0 heterocycles. The largest absolute Gasteiger partial charge is 0.394 e. The first-order valence-electron chi connectivity index (χ1n) is 5.47. The van der Waals surface area contributed by atoms with Gasteiger partial charge in [-0.2, -0.15) is 8.42 Å². The number of unbranched alkanes of at least 4 members (excludes halogenated alkanes) is 4. The van der Waals surface area contributed by atoms with Crippen LogP contribution in [0.25, 0.3) is 0 Å². The van der Waals surface area contributed by atoms with Crippen molar-refractivity contribution in [2.24, 2.45) is 5.92 Å². The molecule has 94 valence electrons. The fourth-order valence-electron chi connectivity index (χ4n) is 1.16. The average Bonchev–Trinajstić information content (AvgIpc) is 2.00. The van der Waals surface area contributed by atoms with E-state index in [0.717, 1.165) is 5.92 Å². The smallest absolute Gasteiger partial charge is 0.264 e. The summed E-state index contributed by atoms with van der Waals surface area (Å²) < 4.78 is 31.6. The van der Waals surface area contributed by atoms with Crippen LogP contribution in [-0.2, 0) is 10.4 Å². The van der Waals surface area contributed by atoms with Gasteiger partial charge in [-0.3, -0.25) is 9.11 Å². The summed E-state index contributed by atoms with van der Waals surface area (Å²) in [5.74, 6) is 0.904. The van der Waals surface area contributed by atoms with Crippen LogP contribution in [0.5, 0.6) is 0 Å². The molecule has 0 bridgehead atoms. The highest BCUT2D eigenvalue weighted by molar-refractivity contribution is 7.79. The molecule has 0 aromatic carbocycles. The molecule has 0 aliphatic carbocycles. The van der Waals surface area contributed by atoms with Crippen molar-refractivity contribution in [2.75, 3.05) is 0 Å².